The maximum atomic E-state index is 12.7. The van der Waals surface area contributed by atoms with Crippen molar-refractivity contribution >= 4 is 40.0 Å². The van der Waals surface area contributed by atoms with Gasteiger partial charge in [-0.05, 0) is 39.2 Å². The molecule has 0 spiro atoms. The lowest BCUT2D eigenvalue weighted by molar-refractivity contribution is -0.120. The van der Waals surface area contributed by atoms with Crippen LogP contribution in [0.3, 0.4) is 0 Å². The first-order chi connectivity index (χ1) is 11.3. The van der Waals surface area contributed by atoms with Crippen LogP contribution >= 0.6 is 23.1 Å². The van der Waals surface area contributed by atoms with Crippen molar-refractivity contribution in [2.24, 2.45) is 5.92 Å². The number of hydrogen-bond donors (Lipinski definition) is 1. The van der Waals surface area contributed by atoms with Crippen LogP contribution in [0.15, 0.2) is 0 Å². The largest absolute Gasteiger partial charge is 0.456 e. The molecule has 3 rings (SSSR count). The Kier molecular flexibility index (Phi) is 5.25. The van der Waals surface area contributed by atoms with Crippen molar-refractivity contribution in [3.05, 3.63) is 16.0 Å². The molecule has 0 unspecified atom stereocenters. The predicted molar refractivity (Wildman–Crippen MR) is 99.7 cm³/mol. The Morgan fingerprint density at radius 2 is 1.83 bits per heavy atom. The fraction of sp³-hybridized carbons (Fsp3) is 0.667. The van der Waals surface area contributed by atoms with Crippen molar-refractivity contribution < 1.29 is 14.3 Å². The van der Waals surface area contributed by atoms with Crippen LogP contribution in [0.25, 0.3) is 0 Å². The number of esters is 1. The third-order valence-electron chi connectivity index (χ3n) is 4.39. The smallest absolute Gasteiger partial charge is 0.342 e. The summed E-state index contributed by atoms with van der Waals surface area (Å²) in [6.45, 7) is 5.60. The van der Waals surface area contributed by atoms with Gasteiger partial charge < -0.3 is 10.1 Å². The van der Waals surface area contributed by atoms with Gasteiger partial charge in [0.15, 0.2) is 0 Å². The van der Waals surface area contributed by atoms with Crippen LogP contribution in [0.2, 0.25) is 0 Å². The number of thioether (sulfide) groups is 1. The number of amides is 1. The summed E-state index contributed by atoms with van der Waals surface area (Å²) in [5.41, 5.74) is 1.10. The van der Waals surface area contributed by atoms with E-state index in [0.29, 0.717) is 10.6 Å². The number of thiophene rings is 1. The van der Waals surface area contributed by atoms with Crippen molar-refractivity contribution in [2.75, 3.05) is 5.32 Å². The van der Waals surface area contributed by atoms with Gasteiger partial charge in [0.2, 0.25) is 5.91 Å². The Morgan fingerprint density at radius 3 is 2.50 bits per heavy atom. The molecule has 0 bridgehead atoms. The maximum Gasteiger partial charge on any atom is 0.342 e. The van der Waals surface area contributed by atoms with Gasteiger partial charge in [-0.15, -0.1) is 11.3 Å². The molecule has 2 heterocycles. The lowest BCUT2D eigenvalue weighted by Crippen LogP contribution is -2.27. The van der Waals surface area contributed by atoms with E-state index >= 15 is 0 Å². The summed E-state index contributed by atoms with van der Waals surface area (Å²) in [6, 6.07) is 0. The summed E-state index contributed by atoms with van der Waals surface area (Å²) in [5.74, 6) is 1.56. The van der Waals surface area contributed by atoms with Crippen molar-refractivity contribution in [2.45, 2.75) is 70.0 Å². The predicted octanol–water partition coefficient (Wildman–Crippen LogP) is 4.97. The van der Waals surface area contributed by atoms with Gasteiger partial charge in [-0.2, -0.15) is 11.8 Å². The molecular weight excluding hydrogens is 342 g/mol. The zero-order chi connectivity index (χ0) is 17.3. The van der Waals surface area contributed by atoms with Gasteiger partial charge in [-0.1, -0.05) is 19.3 Å². The fourth-order valence-corrected chi connectivity index (χ4v) is 5.80. The van der Waals surface area contributed by atoms with Gasteiger partial charge in [0, 0.05) is 22.3 Å². The lowest BCUT2D eigenvalue weighted by Gasteiger charge is -2.22. The lowest BCUT2D eigenvalue weighted by atomic mass is 9.89. The van der Waals surface area contributed by atoms with E-state index in [-0.39, 0.29) is 17.8 Å². The van der Waals surface area contributed by atoms with E-state index in [1.54, 1.807) is 23.1 Å². The average molecular weight is 368 g/mol. The summed E-state index contributed by atoms with van der Waals surface area (Å²) in [6.07, 6.45) is 5.36. The third kappa shape index (κ3) is 3.97. The second-order valence-corrected chi connectivity index (χ2v) is 9.62. The quantitative estimate of drug-likeness (QED) is 0.767. The van der Waals surface area contributed by atoms with E-state index in [9.17, 15) is 9.59 Å². The van der Waals surface area contributed by atoms with Crippen LogP contribution in [0, 0.1) is 5.92 Å². The van der Waals surface area contributed by atoms with Crippen LogP contribution in [0.1, 0.15) is 73.7 Å². The summed E-state index contributed by atoms with van der Waals surface area (Å²) >= 11 is 3.35. The molecule has 0 atom stereocenters. The highest BCUT2D eigenvalue weighted by atomic mass is 32.2. The van der Waals surface area contributed by atoms with E-state index in [0.717, 1.165) is 42.8 Å². The average Bonchev–Trinajstić information content (AvgIpc) is 3.06. The molecule has 1 aliphatic heterocycles. The Labute approximate surface area is 151 Å². The minimum absolute atomic E-state index is 0.0621. The number of carbonyl (C=O) groups excluding carboxylic acids is 2. The molecule has 132 valence electrons. The van der Waals surface area contributed by atoms with Gasteiger partial charge in [0.1, 0.15) is 10.6 Å². The van der Waals surface area contributed by atoms with Gasteiger partial charge in [0.25, 0.3) is 0 Å². The second-order valence-electron chi connectivity index (χ2n) is 7.53. The number of rotatable bonds is 3. The SMILES string of the molecule is CC(C)(C)OC(=O)c1c(NC(=O)C2CCCCC2)sc2c1CSC2. The molecule has 24 heavy (non-hydrogen) atoms. The molecule has 1 aromatic heterocycles. The number of hydrogen-bond acceptors (Lipinski definition) is 5. The number of anilines is 1. The second kappa shape index (κ2) is 7.08. The van der Waals surface area contributed by atoms with E-state index in [1.165, 1.54) is 11.3 Å². The standard InChI is InChI=1S/C18H25NO3S2/c1-18(2,3)22-17(21)14-12-9-23-10-13(12)24-16(14)19-15(20)11-7-5-4-6-8-11/h11H,4-10H2,1-3H3,(H,19,20). The molecule has 0 saturated heterocycles. The molecule has 2 aliphatic rings. The van der Waals surface area contributed by atoms with Crippen molar-refractivity contribution in [1.29, 1.82) is 0 Å². The fourth-order valence-electron chi connectivity index (χ4n) is 3.24. The summed E-state index contributed by atoms with van der Waals surface area (Å²) in [7, 11) is 0. The Balaban J connectivity index is 1.82. The van der Waals surface area contributed by atoms with Crippen molar-refractivity contribution in [3.8, 4) is 0 Å². The van der Waals surface area contributed by atoms with Crippen LogP contribution in [-0.2, 0) is 21.0 Å². The summed E-state index contributed by atoms with van der Waals surface area (Å²) < 4.78 is 5.58. The summed E-state index contributed by atoms with van der Waals surface area (Å²) in [4.78, 5) is 26.5. The number of ether oxygens (including phenoxy) is 1. The highest BCUT2D eigenvalue weighted by Crippen LogP contribution is 2.44. The molecule has 1 amide bonds. The zero-order valence-corrected chi connectivity index (χ0v) is 16.2. The van der Waals surface area contributed by atoms with E-state index in [1.807, 2.05) is 20.8 Å². The third-order valence-corrected chi connectivity index (χ3v) is 6.70. The first kappa shape index (κ1) is 17.8. The normalized spacial score (nSPS) is 18.3. The Morgan fingerprint density at radius 1 is 1.12 bits per heavy atom. The molecule has 1 saturated carbocycles. The Hall–Kier alpha value is -1.01. The number of carbonyl (C=O) groups is 2. The summed E-state index contributed by atoms with van der Waals surface area (Å²) in [5, 5.41) is 3.73. The molecule has 1 aliphatic carbocycles. The molecule has 1 aromatic rings. The van der Waals surface area contributed by atoms with Gasteiger partial charge >= 0.3 is 5.97 Å². The molecule has 1 fully saturated rings. The molecule has 0 radical (unpaired) electrons. The van der Waals surface area contributed by atoms with Crippen molar-refractivity contribution in [1.82, 2.24) is 0 Å². The van der Waals surface area contributed by atoms with E-state index < -0.39 is 5.60 Å². The first-order valence-corrected chi connectivity index (χ1v) is 10.6. The van der Waals surface area contributed by atoms with Crippen LogP contribution in [0.4, 0.5) is 5.00 Å². The highest BCUT2D eigenvalue weighted by molar-refractivity contribution is 7.98. The first-order valence-electron chi connectivity index (χ1n) is 8.61. The molecular formula is C18H25NO3S2. The molecule has 6 heteroatoms. The Bertz CT molecular complexity index is 639. The molecule has 4 nitrogen and oxygen atoms in total. The maximum absolute atomic E-state index is 12.7. The minimum Gasteiger partial charge on any atom is -0.456 e. The van der Waals surface area contributed by atoms with Gasteiger partial charge in [-0.3, -0.25) is 4.79 Å². The van der Waals surface area contributed by atoms with E-state index in [4.69, 9.17) is 4.74 Å². The van der Waals surface area contributed by atoms with Crippen molar-refractivity contribution in [3.63, 3.8) is 0 Å². The van der Waals surface area contributed by atoms with Gasteiger partial charge in [0.05, 0.1) is 5.56 Å². The highest BCUT2D eigenvalue weighted by Gasteiger charge is 2.32. The van der Waals surface area contributed by atoms with Crippen LogP contribution in [-0.4, -0.2) is 17.5 Å². The monoisotopic (exact) mass is 367 g/mol. The minimum atomic E-state index is -0.539. The molecule has 0 aromatic carbocycles. The topological polar surface area (TPSA) is 55.4 Å². The van der Waals surface area contributed by atoms with E-state index in [2.05, 4.69) is 5.32 Å². The molecule has 1 N–H and O–H groups in total. The zero-order valence-electron chi connectivity index (χ0n) is 14.6. The van der Waals surface area contributed by atoms with Crippen LogP contribution < -0.4 is 5.32 Å². The van der Waals surface area contributed by atoms with Gasteiger partial charge in [-0.25, -0.2) is 4.79 Å². The number of nitrogens with one attached hydrogen (secondary N) is 1. The number of fused-ring (bicyclic) bond motifs is 1. The van der Waals surface area contributed by atoms with Crippen LogP contribution in [0.5, 0.6) is 0 Å².